The van der Waals surface area contributed by atoms with Gasteiger partial charge in [0.15, 0.2) is 16.6 Å². The van der Waals surface area contributed by atoms with Crippen molar-refractivity contribution in [3.8, 4) is 16.9 Å². The molecule has 0 bridgehead atoms. The zero-order chi connectivity index (χ0) is 67.0. The van der Waals surface area contributed by atoms with Gasteiger partial charge in [-0.1, -0.05) is 202 Å². The van der Waals surface area contributed by atoms with Crippen LogP contribution in [0, 0.1) is 38.5 Å². The fraction of sp³-hybridized carbons (Fsp3) is 0.587. The van der Waals surface area contributed by atoms with E-state index in [1.54, 1.807) is 19.1 Å². The maximum atomic E-state index is 12.9. The summed E-state index contributed by atoms with van der Waals surface area (Å²) < 4.78 is 84.9. The van der Waals surface area contributed by atoms with Crippen LogP contribution in [0.15, 0.2) is 97.1 Å². The van der Waals surface area contributed by atoms with Gasteiger partial charge in [0.25, 0.3) is 0 Å². The fourth-order valence-corrected chi connectivity index (χ4v) is 15.3. The van der Waals surface area contributed by atoms with Crippen LogP contribution < -0.4 is 4.18 Å². The molecule has 7 nitrogen and oxygen atoms in total. The number of ether oxygens (including phenoxy) is 1. The van der Waals surface area contributed by atoms with Gasteiger partial charge in [0, 0.05) is 17.3 Å². The lowest BCUT2D eigenvalue weighted by Crippen LogP contribution is -2.47. The van der Waals surface area contributed by atoms with Crippen LogP contribution in [0.1, 0.15) is 217 Å². The van der Waals surface area contributed by atoms with Crippen molar-refractivity contribution in [3.05, 3.63) is 158 Å². The molecule has 0 radical (unpaired) electrons. The van der Waals surface area contributed by atoms with Gasteiger partial charge < -0.3 is 17.8 Å². The number of carbonyl (C=O) groups excluding carboxylic acids is 1. The summed E-state index contributed by atoms with van der Waals surface area (Å²) in [4.78, 5) is 11.7. The number of methoxy groups -OCH3 is 1. The highest BCUT2D eigenvalue weighted by Crippen LogP contribution is 2.46. The second-order valence-electron chi connectivity index (χ2n) is 30.2. The lowest BCUT2D eigenvalue weighted by molar-refractivity contribution is -0.140. The van der Waals surface area contributed by atoms with Crippen LogP contribution in [-0.4, -0.2) is 55.8 Å². The molecule has 13 heteroatoms. The molecule has 0 saturated heterocycles. The standard InChI is InChI=1S/C42H62O3Si.C33H51F3O4SSi/c1-14-42(15-2,36-23-24-37(31(4)28-36)34-18-16-17-32(29-34)19-26-39(43)44-11)35-22-20-33(30(3)27-35)21-25-38(40(5,6)7)45-46(12,13)41(8,9)10;1-13-32(14-2,27-18-19-28(24(4)22-27)39-41(37,38)33(34,35)36)26-17-15-25(23(3)21-26)16-20-29(30(5,6)7)40-42(11,12)31(8,9)10/h16-18,20,22-24,27-29,38H,14-15,19,21,25-26H2,1-13H3;15,17-19,21-22,29H,13-14,16,20H2,1-12H3. The summed E-state index contributed by atoms with van der Waals surface area (Å²) >= 11 is 0. The Bertz CT molecular complexity index is 3240. The first kappa shape index (κ1) is 75.9. The van der Waals surface area contributed by atoms with Crippen LogP contribution in [-0.2, 0) is 58.6 Å². The van der Waals surface area contributed by atoms with E-state index in [2.05, 4.69) is 241 Å². The van der Waals surface area contributed by atoms with Crippen molar-refractivity contribution in [2.75, 3.05) is 7.11 Å². The Morgan fingerprint density at radius 2 is 0.898 bits per heavy atom. The average Bonchev–Trinajstić information content (AvgIpc) is 3.43. The van der Waals surface area contributed by atoms with Gasteiger partial charge in [-0.3, -0.25) is 4.79 Å². The predicted molar refractivity (Wildman–Crippen MR) is 369 cm³/mol. The van der Waals surface area contributed by atoms with E-state index in [9.17, 15) is 26.4 Å². The molecule has 0 heterocycles. The first-order chi connectivity index (χ1) is 40.3. The number of rotatable bonds is 24. The molecule has 490 valence electrons. The highest BCUT2D eigenvalue weighted by molar-refractivity contribution is 7.88. The minimum absolute atomic E-state index is 0.0100. The summed E-state index contributed by atoms with van der Waals surface area (Å²) in [5.41, 5.74) is 9.43. The van der Waals surface area contributed by atoms with Crippen molar-refractivity contribution < 1.29 is 44.2 Å². The summed E-state index contributed by atoms with van der Waals surface area (Å²) in [6, 6.07) is 34.1. The molecule has 5 aromatic carbocycles. The Morgan fingerprint density at radius 1 is 0.511 bits per heavy atom. The van der Waals surface area contributed by atoms with Crippen molar-refractivity contribution >= 4 is 32.7 Å². The third-order valence-electron chi connectivity index (χ3n) is 20.0. The number of halogens is 3. The maximum Gasteiger partial charge on any atom is 0.534 e. The Balaban J connectivity index is 0.000000378. The molecular formula is C75H113F3O7SSi2. The van der Waals surface area contributed by atoms with Gasteiger partial charge >= 0.3 is 21.6 Å². The van der Waals surface area contributed by atoms with Gasteiger partial charge in [-0.15, -0.1) is 0 Å². The summed E-state index contributed by atoms with van der Waals surface area (Å²) in [5, 5.41) is 0.330. The van der Waals surface area contributed by atoms with E-state index in [0.717, 1.165) is 68.1 Å². The molecule has 2 unspecified atom stereocenters. The molecule has 0 amide bonds. The lowest BCUT2D eigenvalue weighted by Gasteiger charge is -2.43. The number of benzene rings is 5. The monoisotopic (exact) mass is 1270 g/mol. The average molecular weight is 1270 g/mol. The molecule has 0 saturated carbocycles. The van der Waals surface area contributed by atoms with Gasteiger partial charge in [-0.25, -0.2) is 0 Å². The Labute approximate surface area is 534 Å². The van der Waals surface area contributed by atoms with Crippen LogP contribution in [0.3, 0.4) is 0 Å². The first-order valence-electron chi connectivity index (χ1n) is 32.2. The van der Waals surface area contributed by atoms with Crippen molar-refractivity contribution in [2.45, 2.75) is 267 Å². The van der Waals surface area contributed by atoms with E-state index >= 15 is 0 Å². The largest absolute Gasteiger partial charge is 0.534 e. The molecule has 0 aliphatic carbocycles. The van der Waals surface area contributed by atoms with E-state index in [0.29, 0.717) is 18.4 Å². The third-order valence-corrected chi connectivity index (χ3v) is 30.0. The van der Waals surface area contributed by atoms with E-state index in [-0.39, 0.29) is 50.2 Å². The SMILES string of the molecule is CCC(CC)(c1ccc(CCC(O[Si](C)(C)C(C)(C)C)C(C)(C)C)c(C)c1)c1ccc(-c2cccc(CCC(=O)OC)c2)c(C)c1.CCC(CC)(c1ccc(CCC(O[Si](C)(C)C(C)(C)C)C(C)(C)C)c(C)c1)c1ccc(OS(=O)(=O)C(F)(F)F)c(C)c1. The zero-order valence-corrected chi connectivity index (χ0v) is 61.7. The van der Waals surface area contributed by atoms with Crippen molar-refractivity contribution in [1.82, 2.24) is 0 Å². The minimum atomic E-state index is -5.74. The normalized spacial score (nSPS) is 14.0. The Hall–Kier alpha value is -4.54. The smallest absolute Gasteiger partial charge is 0.469 e. The molecule has 0 N–H and O–H groups in total. The van der Waals surface area contributed by atoms with E-state index in [4.69, 9.17) is 13.6 Å². The topological polar surface area (TPSA) is 88.1 Å². The third kappa shape index (κ3) is 18.6. The summed E-state index contributed by atoms with van der Waals surface area (Å²) in [6.07, 6.45) is 8.92. The van der Waals surface area contributed by atoms with E-state index in [1.807, 2.05) is 0 Å². The summed E-state index contributed by atoms with van der Waals surface area (Å²) in [7, 11) is -8.11. The molecular weight excluding hydrogens is 1160 g/mol. The molecule has 5 aromatic rings. The second kappa shape index (κ2) is 29.4. The Morgan fingerprint density at radius 3 is 1.24 bits per heavy atom. The van der Waals surface area contributed by atoms with Gasteiger partial charge in [0.2, 0.25) is 0 Å². The van der Waals surface area contributed by atoms with Gasteiger partial charge in [0.05, 0.1) is 19.3 Å². The van der Waals surface area contributed by atoms with Crippen molar-refractivity contribution in [3.63, 3.8) is 0 Å². The maximum absolute atomic E-state index is 12.9. The van der Waals surface area contributed by atoms with Gasteiger partial charge in [-0.05, 0) is 211 Å². The molecule has 2 atom stereocenters. The van der Waals surface area contributed by atoms with E-state index < -0.39 is 37.7 Å². The molecule has 0 fully saturated rings. The number of hydrogen-bond acceptors (Lipinski definition) is 7. The molecule has 5 rings (SSSR count). The number of carbonyl (C=O) groups is 1. The summed E-state index contributed by atoms with van der Waals surface area (Å²) in [6.45, 7) is 53.9. The molecule has 0 aliphatic rings. The highest BCUT2D eigenvalue weighted by Gasteiger charge is 2.49. The van der Waals surface area contributed by atoms with Crippen molar-refractivity contribution in [1.29, 1.82) is 0 Å². The second-order valence-corrected chi connectivity index (χ2v) is 41.2. The quantitative estimate of drug-likeness (QED) is 0.0263. The van der Waals surface area contributed by atoms with E-state index in [1.165, 1.54) is 63.2 Å². The number of esters is 1. The number of aryl methyl sites for hydroxylation is 7. The molecule has 0 aromatic heterocycles. The van der Waals surface area contributed by atoms with Crippen LogP contribution in [0.25, 0.3) is 11.1 Å². The van der Waals surface area contributed by atoms with Crippen LogP contribution in [0.5, 0.6) is 5.75 Å². The van der Waals surface area contributed by atoms with Crippen LogP contribution >= 0.6 is 0 Å². The molecule has 0 spiro atoms. The van der Waals surface area contributed by atoms with Gasteiger partial charge in [-0.2, -0.15) is 21.6 Å². The Kier molecular flexibility index (Phi) is 25.4. The van der Waals surface area contributed by atoms with Crippen LogP contribution in [0.4, 0.5) is 13.2 Å². The molecule has 88 heavy (non-hydrogen) atoms. The lowest BCUT2D eigenvalue weighted by atomic mass is 9.69. The first-order valence-corrected chi connectivity index (χ1v) is 39.5. The highest BCUT2D eigenvalue weighted by atomic mass is 32.2. The minimum Gasteiger partial charge on any atom is -0.469 e. The number of alkyl halides is 3. The summed E-state index contributed by atoms with van der Waals surface area (Å²) in [5.74, 6) is -0.494. The van der Waals surface area contributed by atoms with Crippen LogP contribution in [0.2, 0.25) is 36.3 Å². The molecule has 0 aliphatic heterocycles. The predicted octanol–water partition coefficient (Wildman–Crippen LogP) is 21.6. The zero-order valence-electron chi connectivity index (χ0n) is 58.9. The van der Waals surface area contributed by atoms with Gasteiger partial charge in [0.1, 0.15) is 5.75 Å². The fourth-order valence-electron chi connectivity index (χ4n) is 11.7. The van der Waals surface area contributed by atoms with Crippen molar-refractivity contribution in [2.24, 2.45) is 10.8 Å². The number of hydrogen-bond donors (Lipinski definition) is 0.